The zero-order valence-electron chi connectivity index (χ0n) is 19.8. The number of nitrogens with one attached hydrogen (secondary N) is 1. The molecule has 0 saturated carbocycles. The van der Waals surface area contributed by atoms with E-state index in [1.54, 1.807) is 4.57 Å². The van der Waals surface area contributed by atoms with Gasteiger partial charge < -0.3 is 4.98 Å². The van der Waals surface area contributed by atoms with E-state index >= 15 is 0 Å². The number of aromatic nitrogens is 3. The van der Waals surface area contributed by atoms with Crippen LogP contribution in [0, 0.1) is 12.8 Å². The van der Waals surface area contributed by atoms with Crippen LogP contribution in [-0.2, 0) is 24.9 Å². The number of carbonyl (C=O) groups excluding carboxylic acids is 1. The summed E-state index contributed by atoms with van der Waals surface area (Å²) in [4.78, 5) is 50.4. The van der Waals surface area contributed by atoms with Gasteiger partial charge in [-0.05, 0) is 30.9 Å². The van der Waals surface area contributed by atoms with E-state index in [9.17, 15) is 14.4 Å². The van der Waals surface area contributed by atoms with Crippen molar-refractivity contribution in [2.45, 2.75) is 40.2 Å². The molecule has 1 aliphatic rings. The van der Waals surface area contributed by atoms with E-state index in [1.165, 1.54) is 23.4 Å². The minimum Gasteiger partial charge on any atom is -0.358 e. The van der Waals surface area contributed by atoms with Gasteiger partial charge in [0.05, 0.1) is 24.1 Å². The van der Waals surface area contributed by atoms with Gasteiger partial charge in [-0.25, -0.2) is 9.86 Å². The Morgan fingerprint density at radius 1 is 1.24 bits per heavy atom. The van der Waals surface area contributed by atoms with Crippen LogP contribution >= 0.6 is 11.3 Å². The van der Waals surface area contributed by atoms with Crippen LogP contribution in [0.3, 0.4) is 0 Å². The zero-order valence-corrected chi connectivity index (χ0v) is 20.6. The standard InChI is InChI=1S/C25H28N4O4S/c1-14(2)13-28-24-21(22(30)27(4)25(28)32)20(23(31)29-10-7-11-33-29)19(34-24)12-17-15(3)26-18-9-6-5-8-16(17)18/h5-6,8-9,14,26H,7,10-13H2,1-4H3. The van der Waals surface area contributed by atoms with Crippen LogP contribution in [0.25, 0.3) is 21.1 Å². The maximum atomic E-state index is 13.7. The van der Waals surface area contributed by atoms with Crippen LogP contribution in [0.2, 0.25) is 0 Å². The van der Waals surface area contributed by atoms with Gasteiger partial charge in [0.15, 0.2) is 0 Å². The third-order valence-corrected chi connectivity index (χ3v) is 7.56. The summed E-state index contributed by atoms with van der Waals surface area (Å²) in [6, 6.07) is 8.05. The Morgan fingerprint density at radius 2 is 2.00 bits per heavy atom. The van der Waals surface area contributed by atoms with Crippen molar-refractivity contribution in [3.05, 3.63) is 66.8 Å². The van der Waals surface area contributed by atoms with E-state index in [-0.39, 0.29) is 17.5 Å². The Labute approximate surface area is 200 Å². The molecule has 0 aliphatic carbocycles. The van der Waals surface area contributed by atoms with Gasteiger partial charge in [-0.3, -0.25) is 23.6 Å². The van der Waals surface area contributed by atoms with Crippen molar-refractivity contribution in [3.63, 3.8) is 0 Å². The average molecular weight is 481 g/mol. The number of fused-ring (bicyclic) bond motifs is 2. The van der Waals surface area contributed by atoms with Crippen molar-refractivity contribution in [2.24, 2.45) is 13.0 Å². The summed E-state index contributed by atoms with van der Waals surface area (Å²) in [5.41, 5.74) is 2.67. The number of rotatable bonds is 5. The first kappa shape index (κ1) is 22.6. The number of aromatic amines is 1. The number of aryl methyl sites for hydroxylation is 1. The number of amides is 1. The quantitative estimate of drug-likeness (QED) is 0.473. The SMILES string of the molecule is Cc1[nH]c2ccccc2c1Cc1sc2c(c1C(=O)N1CCCO1)c(=O)n(C)c(=O)n2CC(C)C. The summed E-state index contributed by atoms with van der Waals surface area (Å²) in [5.74, 6) is -0.121. The highest BCUT2D eigenvalue weighted by Crippen LogP contribution is 2.35. The van der Waals surface area contributed by atoms with Gasteiger partial charge in [0, 0.05) is 41.5 Å². The van der Waals surface area contributed by atoms with Crippen LogP contribution in [0.5, 0.6) is 0 Å². The molecule has 1 amide bonds. The molecule has 9 heteroatoms. The van der Waals surface area contributed by atoms with Crippen LogP contribution in [0.15, 0.2) is 33.9 Å². The van der Waals surface area contributed by atoms with Gasteiger partial charge in [-0.2, -0.15) is 0 Å². The van der Waals surface area contributed by atoms with Crippen LogP contribution in [0.1, 0.15) is 46.8 Å². The first-order valence-corrected chi connectivity index (χ1v) is 12.4. The molecule has 3 aromatic heterocycles. The van der Waals surface area contributed by atoms with Crippen molar-refractivity contribution in [1.82, 2.24) is 19.2 Å². The van der Waals surface area contributed by atoms with Crippen LogP contribution in [-0.4, -0.2) is 38.2 Å². The average Bonchev–Trinajstić information content (AvgIpc) is 3.53. The number of hydrogen-bond donors (Lipinski definition) is 1. The van der Waals surface area contributed by atoms with E-state index in [0.29, 0.717) is 41.9 Å². The Bertz CT molecular complexity index is 1530. The lowest BCUT2D eigenvalue weighted by Gasteiger charge is -2.15. The highest BCUT2D eigenvalue weighted by atomic mass is 32.1. The zero-order chi connectivity index (χ0) is 24.1. The number of H-pyrrole nitrogens is 1. The van der Waals surface area contributed by atoms with Crippen molar-refractivity contribution in [1.29, 1.82) is 0 Å². The molecule has 34 heavy (non-hydrogen) atoms. The molecule has 8 nitrogen and oxygen atoms in total. The lowest BCUT2D eigenvalue weighted by Crippen LogP contribution is -2.39. The summed E-state index contributed by atoms with van der Waals surface area (Å²) in [6.07, 6.45) is 1.23. The third kappa shape index (κ3) is 3.59. The summed E-state index contributed by atoms with van der Waals surface area (Å²) in [5, 5.41) is 2.74. The van der Waals surface area contributed by atoms with Gasteiger partial charge in [0.25, 0.3) is 11.5 Å². The molecular weight excluding hydrogens is 452 g/mol. The molecule has 1 saturated heterocycles. The Morgan fingerprint density at radius 3 is 2.71 bits per heavy atom. The largest absolute Gasteiger partial charge is 0.358 e. The molecule has 0 bridgehead atoms. The molecule has 4 heterocycles. The summed E-state index contributed by atoms with van der Waals surface area (Å²) < 4.78 is 2.75. The number of benzene rings is 1. The van der Waals surface area contributed by atoms with Crippen molar-refractivity contribution >= 4 is 38.4 Å². The molecule has 178 valence electrons. The number of carbonyl (C=O) groups is 1. The van der Waals surface area contributed by atoms with Gasteiger partial charge in [-0.15, -0.1) is 11.3 Å². The summed E-state index contributed by atoms with van der Waals surface area (Å²) in [7, 11) is 1.47. The Hall–Kier alpha value is -3.17. The molecular formula is C25H28N4O4S. The van der Waals surface area contributed by atoms with Crippen molar-refractivity contribution in [2.75, 3.05) is 13.2 Å². The van der Waals surface area contributed by atoms with E-state index < -0.39 is 5.56 Å². The molecule has 0 atom stereocenters. The number of nitrogens with zero attached hydrogens (tertiary/aromatic N) is 3. The van der Waals surface area contributed by atoms with Gasteiger partial charge in [0.2, 0.25) is 0 Å². The van der Waals surface area contributed by atoms with Gasteiger partial charge in [-0.1, -0.05) is 32.0 Å². The first-order valence-electron chi connectivity index (χ1n) is 11.5. The normalized spacial score (nSPS) is 14.2. The molecule has 1 fully saturated rings. The number of hydroxylamine groups is 2. The molecule has 5 rings (SSSR count). The van der Waals surface area contributed by atoms with E-state index in [4.69, 9.17) is 4.84 Å². The lowest BCUT2D eigenvalue weighted by atomic mass is 10.0. The molecule has 1 aromatic carbocycles. The fraction of sp³-hybridized carbons (Fsp3) is 0.400. The Balaban J connectivity index is 1.79. The smallest absolute Gasteiger partial charge is 0.331 e. The molecule has 0 unspecified atom stereocenters. The predicted molar refractivity (Wildman–Crippen MR) is 134 cm³/mol. The molecule has 0 spiro atoms. The van der Waals surface area contributed by atoms with Gasteiger partial charge >= 0.3 is 5.69 Å². The van der Waals surface area contributed by atoms with E-state index in [2.05, 4.69) is 11.1 Å². The number of hydrogen-bond acceptors (Lipinski definition) is 5. The minimum atomic E-state index is -0.444. The first-order chi connectivity index (χ1) is 16.3. The summed E-state index contributed by atoms with van der Waals surface area (Å²) >= 11 is 1.36. The Kier molecular flexibility index (Phi) is 5.69. The monoisotopic (exact) mass is 480 g/mol. The maximum Gasteiger partial charge on any atom is 0.331 e. The van der Waals surface area contributed by atoms with Crippen molar-refractivity contribution < 1.29 is 9.63 Å². The molecule has 1 aliphatic heterocycles. The molecule has 1 N–H and O–H groups in total. The van der Waals surface area contributed by atoms with Crippen LogP contribution in [0.4, 0.5) is 0 Å². The second-order valence-corrected chi connectivity index (χ2v) is 10.4. The lowest BCUT2D eigenvalue weighted by molar-refractivity contribution is -0.0767. The number of thiophene rings is 1. The second-order valence-electron chi connectivity index (χ2n) is 9.28. The highest BCUT2D eigenvalue weighted by Gasteiger charge is 2.31. The summed E-state index contributed by atoms with van der Waals surface area (Å²) in [6.45, 7) is 7.48. The topological polar surface area (TPSA) is 89.3 Å². The fourth-order valence-corrected chi connectivity index (χ4v) is 6.00. The van der Waals surface area contributed by atoms with Crippen LogP contribution < -0.4 is 11.2 Å². The molecule has 0 radical (unpaired) electrons. The fourth-order valence-electron chi connectivity index (χ4n) is 4.71. The predicted octanol–water partition coefficient (Wildman–Crippen LogP) is 3.58. The second kappa shape index (κ2) is 8.56. The van der Waals surface area contributed by atoms with Gasteiger partial charge in [0.1, 0.15) is 4.83 Å². The highest BCUT2D eigenvalue weighted by molar-refractivity contribution is 7.19. The number of para-hydroxylation sites is 1. The minimum absolute atomic E-state index is 0.195. The third-order valence-electron chi connectivity index (χ3n) is 6.35. The maximum absolute atomic E-state index is 13.7. The van der Waals surface area contributed by atoms with E-state index in [0.717, 1.165) is 38.0 Å². The molecule has 4 aromatic rings. The van der Waals surface area contributed by atoms with Crippen molar-refractivity contribution in [3.8, 4) is 0 Å². The van der Waals surface area contributed by atoms with E-state index in [1.807, 2.05) is 39.0 Å².